The van der Waals surface area contributed by atoms with Crippen molar-refractivity contribution in [3.05, 3.63) is 29.8 Å². The fraction of sp³-hybridized carbons (Fsp3) is 0.538. The summed E-state index contributed by atoms with van der Waals surface area (Å²) >= 11 is 0. The highest BCUT2D eigenvalue weighted by Gasteiger charge is 2.20. The molecule has 1 aromatic rings. The normalized spacial score (nSPS) is 13.7. The zero-order valence-electron chi connectivity index (χ0n) is 11.6. The summed E-state index contributed by atoms with van der Waals surface area (Å²) in [6.45, 7) is 4.27. The number of ether oxygens (including phenoxy) is 1. The summed E-state index contributed by atoms with van der Waals surface area (Å²) in [5.74, 6) is 0.112. The molecule has 0 amide bonds. The van der Waals surface area contributed by atoms with E-state index in [0.717, 1.165) is 0 Å². The van der Waals surface area contributed by atoms with Crippen molar-refractivity contribution in [2.75, 3.05) is 19.5 Å². The predicted octanol–water partition coefficient (Wildman–Crippen LogP) is 1.36. The lowest BCUT2D eigenvalue weighted by Gasteiger charge is -2.21. The molecule has 1 atom stereocenters. The van der Waals surface area contributed by atoms with Gasteiger partial charge in [-0.3, -0.25) is 0 Å². The fourth-order valence-corrected chi connectivity index (χ4v) is 3.16. The highest BCUT2D eigenvalue weighted by Crippen LogP contribution is 2.11. The smallest absolute Gasteiger partial charge is 0.216 e. The molecule has 0 aliphatic carbocycles. The second kappa shape index (κ2) is 6.88. The van der Waals surface area contributed by atoms with E-state index in [2.05, 4.69) is 4.72 Å². The van der Waals surface area contributed by atoms with Gasteiger partial charge in [-0.25, -0.2) is 13.1 Å². The fourth-order valence-electron chi connectivity index (χ4n) is 1.65. The van der Waals surface area contributed by atoms with Crippen molar-refractivity contribution < 1.29 is 13.2 Å². The monoisotopic (exact) mass is 286 g/mol. The Morgan fingerprint density at radius 2 is 1.84 bits per heavy atom. The summed E-state index contributed by atoms with van der Waals surface area (Å²) in [4.78, 5) is 0. The summed E-state index contributed by atoms with van der Waals surface area (Å²) in [6.07, 6.45) is 0. The third-order valence-corrected chi connectivity index (χ3v) is 4.19. The molecule has 19 heavy (non-hydrogen) atoms. The van der Waals surface area contributed by atoms with Crippen LogP contribution in [0.3, 0.4) is 0 Å². The molecule has 108 valence electrons. The zero-order chi connectivity index (χ0) is 14.5. The third kappa shape index (κ3) is 5.59. The molecule has 0 saturated heterocycles. The van der Waals surface area contributed by atoms with Crippen molar-refractivity contribution in [2.45, 2.75) is 25.6 Å². The number of nitrogens with one attached hydrogen (secondary N) is 1. The van der Waals surface area contributed by atoms with Gasteiger partial charge in [0.15, 0.2) is 0 Å². The molecule has 0 bridgehead atoms. The van der Waals surface area contributed by atoms with Crippen LogP contribution in [0.2, 0.25) is 0 Å². The molecule has 5 nitrogen and oxygen atoms in total. The summed E-state index contributed by atoms with van der Waals surface area (Å²) in [6, 6.07) is 6.61. The van der Waals surface area contributed by atoms with E-state index < -0.39 is 10.0 Å². The number of anilines is 1. The van der Waals surface area contributed by atoms with Gasteiger partial charge >= 0.3 is 0 Å². The Bertz CT molecular complexity index is 483. The maximum absolute atomic E-state index is 12.1. The van der Waals surface area contributed by atoms with E-state index in [1.807, 2.05) is 13.8 Å². The Kier molecular flexibility index (Phi) is 5.78. The van der Waals surface area contributed by atoms with Crippen molar-refractivity contribution in [3.63, 3.8) is 0 Å². The van der Waals surface area contributed by atoms with Crippen LogP contribution in [-0.4, -0.2) is 28.2 Å². The maximum atomic E-state index is 12.1. The van der Waals surface area contributed by atoms with Crippen molar-refractivity contribution >= 4 is 15.7 Å². The zero-order valence-corrected chi connectivity index (χ0v) is 12.4. The van der Waals surface area contributed by atoms with Gasteiger partial charge in [-0.05, 0) is 23.6 Å². The van der Waals surface area contributed by atoms with Gasteiger partial charge in [0, 0.05) is 18.8 Å². The average Bonchev–Trinajstić information content (AvgIpc) is 2.31. The SMILES string of the molecule is COCC(NS(=O)(=O)Cc1ccc(N)cc1)C(C)C. The number of nitrogens with two attached hydrogens (primary N) is 1. The van der Waals surface area contributed by atoms with Crippen LogP contribution >= 0.6 is 0 Å². The number of nitrogen functional groups attached to an aromatic ring is 1. The molecule has 0 heterocycles. The minimum absolute atomic E-state index is 0.0553. The minimum Gasteiger partial charge on any atom is -0.399 e. The van der Waals surface area contributed by atoms with Crippen molar-refractivity contribution in [1.29, 1.82) is 0 Å². The number of methoxy groups -OCH3 is 1. The number of sulfonamides is 1. The second-order valence-corrected chi connectivity index (χ2v) is 6.68. The Labute approximate surface area is 115 Å². The topological polar surface area (TPSA) is 81.4 Å². The van der Waals surface area contributed by atoms with Crippen molar-refractivity contribution in [2.24, 2.45) is 5.92 Å². The van der Waals surface area contributed by atoms with Gasteiger partial charge in [0.1, 0.15) is 0 Å². The number of rotatable bonds is 7. The standard InChI is InChI=1S/C13H22N2O3S/c1-10(2)13(8-18-3)15-19(16,17)9-11-4-6-12(14)7-5-11/h4-7,10,13,15H,8-9,14H2,1-3H3. The van der Waals surface area contributed by atoms with Crippen LogP contribution in [-0.2, 0) is 20.5 Å². The molecular weight excluding hydrogens is 264 g/mol. The highest BCUT2D eigenvalue weighted by molar-refractivity contribution is 7.88. The van der Waals surface area contributed by atoms with Gasteiger partial charge in [0.25, 0.3) is 0 Å². The molecule has 0 radical (unpaired) electrons. The van der Waals surface area contributed by atoms with Crippen LogP contribution in [0.1, 0.15) is 19.4 Å². The van der Waals surface area contributed by atoms with E-state index in [1.165, 1.54) is 0 Å². The molecule has 0 spiro atoms. The van der Waals surface area contributed by atoms with E-state index in [1.54, 1.807) is 31.4 Å². The number of hydrogen-bond acceptors (Lipinski definition) is 4. The van der Waals surface area contributed by atoms with Crippen LogP contribution < -0.4 is 10.5 Å². The predicted molar refractivity (Wildman–Crippen MR) is 77.1 cm³/mol. The molecule has 0 aromatic heterocycles. The molecule has 3 N–H and O–H groups in total. The van der Waals surface area contributed by atoms with E-state index in [9.17, 15) is 8.42 Å². The molecule has 0 saturated carbocycles. The molecule has 6 heteroatoms. The van der Waals surface area contributed by atoms with E-state index in [4.69, 9.17) is 10.5 Å². The molecule has 0 fully saturated rings. The van der Waals surface area contributed by atoms with Gasteiger partial charge in [-0.2, -0.15) is 0 Å². The molecule has 0 aliphatic heterocycles. The van der Waals surface area contributed by atoms with E-state index >= 15 is 0 Å². The molecular formula is C13H22N2O3S. The molecule has 0 aliphatic rings. The minimum atomic E-state index is -3.38. The van der Waals surface area contributed by atoms with Gasteiger partial charge in [-0.1, -0.05) is 26.0 Å². The first kappa shape index (κ1) is 15.9. The summed E-state index contributed by atoms with van der Waals surface area (Å²) in [5.41, 5.74) is 6.90. The molecule has 1 unspecified atom stereocenters. The van der Waals surface area contributed by atoms with E-state index in [-0.39, 0.29) is 17.7 Å². The summed E-state index contributed by atoms with van der Waals surface area (Å²) in [5, 5.41) is 0. The van der Waals surface area contributed by atoms with Gasteiger partial charge in [0.2, 0.25) is 10.0 Å². The number of benzene rings is 1. The Hall–Kier alpha value is -1.11. The van der Waals surface area contributed by atoms with Crippen LogP contribution in [0, 0.1) is 5.92 Å². The molecule has 1 rings (SSSR count). The van der Waals surface area contributed by atoms with Gasteiger partial charge in [0.05, 0.1) is 12.4 Å². The largest absolute Gasteiger partial charge is 0.399 e. The Morgan fingerprint density at radius 1 is 1.26 bits per heavy atom. The first-order chi connectivity index (χ1) is 8.84. The Morgan fingerprint density at radius 3 is 2.32 bits per heavy atom. The average molecular weight is 286 g/mol. The van der Waals surface area contributed by atoms with Crippen LogP contribution in [0.25, 0.3) is 0 Å². The number of hydrogen-bond donors (Lipinski definition) is 2. The highest BCUT2D eigenvalue weighted by atomic mass is 32.2. The maximum Gasteiger partial charge on any atom is 0.216 e. The lowest BCUT2D eigenvalue weighted by molar-refractivity contribution is 0.157. The third-order valence-electron chi connectivity index (χ3n) is 2.82. The quantitative estimate of drug-likeness (QED) is 0.742. The van der Waals surface area contributed by atoms with Crippen LogP contribution in [0.15, 0.2) is 24.3 Å². The first-order valence-electron chi connectivity index (χ1n) is 6.17. The first-order valence-corrected chi connectivity index (χ1v) is 7.82. The van der Waals surface area contributed by atoms with Gasteiger partial charge < -0.3 is 10.5 Å². The Balaban J connectivity index is 2.72. The van der Waals surface area contributed by atoms with Gasteiger partial charge in [-0.15, -0.1) is 0 Å². The summed E-state index contributed by atoms with van der Waals surface area (Å²) < 4.78 is 31.9. The molecule has 1 aromatic carbocycles. The van der Waals surface area contributed by atoms with Crippen molar-refractivity contribution in [1.82, 2.24) is 4.72 Å². The van der Waals surface area contributed by atoms with Crippen LogP contribution in [0.5, 0.6) is 0 Å². The van der Waals surface area contributed by atoms with Crippen molar-refractivity contribution in [3.8, 4) is 0 Å². The van der Waals surface area contributed by atoms with Crippen LogP contribution in [0.4, 0.5) is 5.69 Å². The lowest BCUT2D eigenvalue weighted by atomic mass is 10.1. The second-order valence-electron chi connectivity index (χ2n) is 4.92. The summed E-state index contributed by atoms with van der Waals surface area (Å²) in [7, 11) is -1.83. The lowest BCUT2D eigenvalue weighted by Crippen LogP contribution is -2.42. The van der Waals surface area contributed by atoms with E-state index in [0.29, 0.717) is 17.9 Å².